The van der Waals surface area contributed by atoms with Crippen LogP contribution >= 0.6 is 0 Å². The van der Waals surface area contributed by atoms with Gasteiger partial charge in [-0.1, -0.05) is 19.1 Å². The molecule has 3 aromatic rings. The van der Waals surface area contributed by atoms with E-state index >= 15 is 0 Å². The van der Waals surface area contributed by atoms with Gasteiger partial charge in [0.05, 0.1) is 11.0 Å². The minimum atomic E-state index is 0.568. The van der Waals surface area contributed by atoms with Crippen LogP contribution in [0.3, 0.4) is 0 Å². The molecule has 0 aliphatic heterocycles. The van der Waals surface area contributed by atoms with Crippen LogP contribution in [0.2, 0.25) is 0 Å². The molecule has 108 valence electrons. The zero-order valence-electron chi connectivity index (χ0n) is 12.5. The molecule has 21 heavy (non-hydrogen) atoms. The van der Waals surface area contributed by atoms with Crippen molar-refractivity contribution in [2.24, 2.45) is 0 Å². The molecule has 0 bridgehead atoms. The Balaban J connectivity index is 2.05. The lowest BCUT2D eigenvalue weighted by molar-refractivity contribution is 0.663. The Morgan fingerprint density at radius 3 is 2.81 bits per heavy atom. The molecule has 2 aromatic heterocycles. The number of aryl methyl sites for hydroxylation is 2. The summed E-state index contributed by atoms with van der Waals surface area (Å²) in [6.07, 6.45) is 3.74. The lowest BCUT2D eigenvalue weighted by Crippen LogP contribution is -2.06. The molecule has 0 amide bonds. The van der Waals surface area contributed by atoms with Crippen LogP contribution in [0.5, 0.6) is 0 Å². The Bertz CT molecular complexity index is 774. The molecule has 3 rings (SSSR count). The summed E-state index contributed by atoms with van der Waals surface area (Å²) in [4.78, 5) is 9.00. The third-order valence-electron chi connectivity index (χ3n) is 3.77. The number of nitrogen functional groups attached to an aromatic ring is 1. The van der Waals surface area contributed by atoms with Crippen molar-refractivity contribution in [1.82, 2.24) is 14.5 Å². The molecule has 0 radical (unpaired) electrons. The molecule has 0 saturated carbocycles. The smallest absolute Gasteiger partial charge is 0.123 e. The van der Waals surface area contributed by atoms with Crippen LogP contribution in [-0.2, 0) is 13.0 Å². The number of imidazole rings is 1. The van der Waals surface area contributed by atoms with Crippen molar-refractivity contribution >= 4 is 16.9 Å². The average molecular weight is 280 g/mol. The SMILES string of the molecule is CCCn1c(Cc2cnc(N)cc2C)nc2ccccc21. The van der Waals surface area contributed by atoms with Gasteiger partial charge in [0.2, 0.25) is 0 Å². The number of nitrogens with zero attached hydrogens (tertiary/aromatic N) is 3. The van der Waals surface area contributed by atoms with Gasteiger partial charge in [-0.3, -0.25) is 0 Å². The molecule has 0 unspecified atom stereocenters. The molecule has 0 spiro atoms. The van der Waals surface area contributed by atoms with Crippen molar-refractivity contribution < 1.29 is 0 Å². The van der Waals surface area contributed by atoms with Crippen LogP contribution in [-0.4, -0.2) is 14.5 Å². The largest absolute Gasteiger partial charge is 0.384 e. The van der Waals surface area contributed by atoms with Gasteiger partial charge in [-0.2, -0.15) is 0 Å². The summed E-state index contributed by atoms with van der Waals surface area (Å²) < 4.78 is 2.31. The van der Waals surface area contributed by atoms with Crippen molar-refractivity contribution in [3.63, 3.8) is 0 Å². The van der Waals surface area contributed by atoms with Crippen molar-refractivity contribution in [2.75, 3.05) is 5.73 Å². The number of fused-ring (bicyclic) bond motifs is 1. The predicted octanol–water partition coefficient (Wildman–Crippen LogP) is 3.32. The highest BCUT2D eigenvalue weighted by Crippen LogP contribution is 2.20. The number of nitrogens with two attached hydrogens (primary N) is 1. The lowest BCUT2D eigenvalue weighted by Gasteiger charge is -2.09. The van der Waals surface area contributed by atoms with Gasteiger partial charge in [0.15, 0.2) is 0 Å². The predicted molar refractivity (Wildman–Crippen MR) is 86.2 cm³/mol. The Labute approximate surface area is 124 Å². The first kappa shape index (κ1) is 13.6. The fourth-order valence-corrected chi connectivity index (χ4v) is 2.69. The van der Waals surface area contributed by atoms with Gasteiger partial charge in [-0.05, 0) is 42.7 Å². The summed E-state index contributed by atoms with van der Waals surface area (Å²) in [7, 11) is 0. The highest BCUT2D eigenvalue weighted by molar-refractivity contribution is 5.76. The number of aromatic nitrogens is 3. The minimum Gasteiger partial charge on any atom is -0.384 e. The normalized spacial score (nSPS) is 11.1. The van der Waals surface area contributed by atoms with E-state index in [4.69, 9.17) is 10.7 Å². The average Bonchev–Trinajstić information content (AvgIpc) is 2.81. The number of hydrogen-bond acceptors (Lipinski definition) is 3. The standard InChI is InChI=1S/C17H20N4/c1-3-8-21-15-7-5-4-6-14(15)20-17(21)10-13-11-19-16(18)9-12(13)2/h4-7,9,11H,3,8,10H2,1-2H3,(H2,18,19). The summed E-state index contributed by atoms with van der Waals surface area (Å²) in [5.41, 5.74) is 10.3. The molecule has 0 atom stereocenters. The summed E-state index contributed by atoms with van der Waals surface area (Å²) >= 11 is 0. The number of rotatable bonds is 4. The van der Waals surface area contributed by atoms with Gasteiger partial charge in [-0.25, -0.2) is 9.97 Å². The van der Waals surface area contributed by atoms with E-state index in [0.717, 1.165) is 36.3 Å². The number of para-hydroxylation sites is 2. The molecule has 0 aliphatic carbocycles. The van der Waals surface area contributed by atoms with Crippen LogP contribution in [0, 0.1) is 6.92 Å². The molecule has 0 saturated heterocycles. The second kappa shape index (κ2) is 5.56. The van der Waals surface area contributed by atoms with E-state index in [0.29, 0.717) is 5.82 Å². The van der Waals surface area contributed by atoms with Crippen LogP contribution < -0.4 is 5.73 Å². The summed E-state index contributed by atoms with van der Waals surface area (Å²) in [5.74, 6) is 1.66. The van der Waals surface area contributed by atoms with Gasteiger partial charge < -0.3 is 10.3 Å². The third kappa shape index (κ3) is 2.61. The quantitative estimate of drug-likeness (QED) is 0.797. The first-order valence-electron chi connectivity index (χ1n) is 7.34. The monoisotopic (exact) mass is 280 g/mol. The van der Waals surface area contributed by atoms with E-state index in [1.165, 1.54) is 11.1 Å². The topological polar surface area (TPSA) is 56.7 Å². The second-order valence-corrected chi connectivity index (χ2v) is 5.38. The first-order chi connectivity index (χ1) is 10.2. The zero-order valence-corrected chi connectivity index (χ0v) is 12.5. The van der Waals surface area contributed by atoms with Crippen LogP contribution in [0.25, 0.3) is 11.0 Å². The maximum Gasteiger partial charge on any atom is 0.123 e. The number of benzene rings is 1. The van der Waals surface area contributed by atoms with Crippen molar-refractivity contribution in [1.29, 1.82) is 0 Å². The maximum atomic E-state index is 5.73. The van der Waals surface area contributed by atoms with E-state index in [1.807, 2.05) is 18.3 Å². The summed E-state index contributed by atoms with van der Waals surface area (Å²) in [6.45, 7) is 5.24. The Morgan fingerprint density at radius 1 is 1.24 bits per heavy atom. The fourth-order valence-electron chi connectivity index (χ4n) is 2.69. The molecule has 4 nitrogen and oxygen atoms in total. The Kier molecular flexibility index (Phi) is 3.60. The number of hydrogen-bond donors (Lipinski definition) is 1. The molecule has 4 heteroatoms. The summed E-state index contributed by atoms with van der Waals surface area (Å²) in [6, 6.07) is 10.2. The second-order valence-electron chi connectivity index (χ2n) is 5.38. The number of pyridine rings is 1. The molecular weight excluding hydrogens is 260 g/mol. The Hall–Kier alpha value is -2.36. The van der Waals surface area contributed by atoms with Crippen LogP contribution in [0.15, 0.2) is 36.5 Å². The zero-order chi connectivity index (χ0) is 14.8. The third-order valence-corrected chi connectivity index (χ3v) is 3.77. The number of anilines is 1. The van der Waals surface area contributed by atoms with E-state index in [1.54, 1.807) is 0 Å². The highest BCUT2D eigenvalue weighted by atomic mass is 15.1. The van der Waals surface area contributed by atoms with E-state index < -0.39 is 0 Å². The van der Waals surface area contributed by atoms with Gasteiger partial charge in [-0.15, -0.1) is 0 Å². The molecule has 0 fully saturated rings. The van der Waals surface area contributed by atoms with E-state index in [-0.39, 0.29) is 0 Å². The minimum absolute atomic E-state index is 0.568. The first-order valence-corrected chi connectivity index (χ1v) is 7.34. The van der Waals surface area contributed by atoms with Gasteiger partial charge >= 0.3 is 0 Å². The van der Waals surface area contributed by atoms with Crippen molar-refractivity contribution in [2.45, 2.75) is 33.2 Å². The lowest BCUT2D eigenvalue weighted by atomic mass is 10.1. The summed E-state index contributed by atoms with van der Waals surface area (Å²) in [5, 5.41) is 0. The van der Waals surface area contributed by atoms with Gasteiger partial charge in [0, 0.05) is 19.2 Å². The van der Waals surface area contributed by atoms with E-state index in [9.17, 15) is 0 Å². The van der Waals surface area contributed by atoms with Crippen LogP contribution in [0.4, 0.5) is 5.82 Å². The van der Waals surface area contributed by atoms with Crippen LogP contribution in [0.1, 0.15) is 30.3 Å². The maximum absolute atomic E-state index is 5.73. The molecule has 1 aromatic carbocycles. The fraction of sp³-hybridized carbons (Fsp3) is 0.294. The van der Waals surface area contributed by atoms with Gasteiger partial charge in [0.25, 0.3) is 0 Å². The molecule has 0 aliphatic rings. The molecule has 2 N–H and O–H groups in total. The molecular formula is C17H20N4. The van der Waals surface area contributed by atoms with Crippen molar-refractivity contribution in [3.8, 4) is 0 Å². The van der Waals surface area contributed by atoms with Gasteiger partial charge in [0.1, 0.15) is 11.6 Å². The highest BCUT2D eigenvalue weighted by Gasteiger charge is 2.11. The van der Waals surface area contributed by atoms with Crippen molar-refractivity contribution in [3.05, 3.63) is 53.5 Å². The Morgan fingerprint density at radius 2 is 2.05 bits per heavy atom. The molecule has 2 heterocycles. The van der Waals surface area contributed by atoms with E-state index in [2.05, 4.69) is 41.6 Å².